The molecule has 1 heterocycles. The van der Waals surface area contributed by atoms with E-state index in [0.717, 1.165) is 5.69 Å². The van der Waals surface area contributed by atoms with Gasteiger partial charge in [-0.05, 0) is 25.1 Å². The van der Waals surface area contributed by atoms with Gasteiger partial charge in [-0.3, -0.25) is 14.6 Å². The normalized spacial score (nSPS) is 10.2. The van der Waals surface area contributed by atoms with Gasteiger partial charge in [0.25, 0.3) is 11.8 Å². The van der Waals surface area contributed by atoms with Crippen LogP contribution < -0.4 is 10.6 Å². The Kier molecular flexibility index (Phi) is 5.90. The molecule has 0 atom stereocenters. The third kappa shape index (κ3) is 4.91. The summed E-state index contributed by atoms with van der Waals surface area (Å²) in [6.45, 7) is 2.32. The van der Waals surface area contributed by atoms with Gasteiger partial charge in [-0.25, -0.2) is 4.98 Å². The highest BCUT2D eigenvalue weighted by Crippen LogP contribution is 2.22. The standard InChI is InChI=1S/C15H14Cl2N4O2/c1-9-7-21-13(8-20-9)15(23)19-5-4-18-14(22)10-2-3-11(16)12(17)6-10/h2-3,6-8H,4-5H2,1H3,(H,18,22)(H,19,23). The highest BCUT2D eigenvalue weighted by Gasteiger charge is 2.09. The molecule has 120 valence electrons. The second kappa shape index (κ2) is 7.89. The van der Waals surface area contributed by atoms with Crippen molar-refractivity contribution in [3.63, 3.8) is 0 Å². The van der Waals surface area contributed by atoms with Gasteiger partial charge in [0, 0.05) is 24.8 Å². The van der Waals surface area contributed by atoms with Crippen LogP contribution in [0, 0.1) is 6.92 Å². The van der Waals surface area contributed by atoms with Crippen LogP contribution in [0.5, 0.6) is 0 Å². The number of nitrogens with one attached hydrogen (secondary N) is 2. The van der Waals surface area contributed by atoms with Gasteiger partial charge in [-0.2, -0.15) is 0 Å². The molecule has 0 saturated heterocycles. The zero-order valence-corrected chi connectivity index (χ0v) is 13.8. The fourth-order valence-electron chi connectivity index (χ4n) is 1.69. The Morgan fingerprint density at radius 2 is 1.70 bits per heavy atom. The van der Waals surface area contributed by atoms with Gasteiger partial charge in [0.05, 0.1) is 21.9 Å². The average molecular weight is 353 g/mol. The molecular weight excluding hydrogens is 339 g/mol. The van der Waals surface area contributed by atoms with E-state index in [0.29, 0.717) is 15.6 Å². The summed E-state index contributed by atoms with van der Waals surface area (Å²) in [6, 6.07) is 4.61. The Balaban J connectivity index is 1.78. The molecule has 2 rings (SSSR count). The average Bonchev–Trinajstić information content (AvgIpc) is 2.54. The number of halogens is 2. The number of carbonyl (C=O) groups is 2. The molecule has 0 aliphatic rings. The van der Waals surface area contributed by atoms with Crippen molar-refractivity contribution in [2.45, 2.75) is 6.92 Å². The van der Waals surface area contributed by atoms with Crippen LogP contribution in [0.3, 0.4) is 0 Å². The molecule has 0 aliphatic heterocycles. The van der Waals surface area contributed by atoms with E-state index in [1.807, 2.05) is 0 Å². The minimum absolute atomic E-state index is 0.228. The van der Waals surface area contributed by atoms with Crippen molar-refractivity contribution in [2.75, 3.05) is 13.1 Å². The van der Waals surface area contributed by atoms with E-state index in [4.69, 9.17) is 23.2 Å². The Morgan fingerprint density at radius 1 is 1.00 bits per heavy atom. The first-order valence-electron chi connectivity index (χ1n) is 6.77. The number of amides is 2. The van der Waals surface area contributed by atoms with E-state index in [9.17, 15) is 9.59 Å². The van der Waals surface area contributed by atoms with Crippen molar-refractivity contribution < 1.29 is 9.59 Å². The minimum Gasteiger partial charge on any atom is -0.350 e. The van der Waals surface area contributed by atoms with Crippen molar-refractivity contribution >= 4 is 35.0 Å². The maximum atomic E-state index is 11.9. The highest BCUT2D eigenvalue weighted by atomic mass is 35.5. The molecular formula is C15H14Cl2N4O2. The summed E-state index contributed by atoms with van der Waals surface area (Å²) in [5.74, 6) is -0.644. The molecule has 8 heteroatoms. The molecule has 2 aromatic rings. The molecule has 0 radical (unpaired) electrons. The van der Waals surface area contributed by atoms with Gasteiger partial charge >= 0.3 is 0 Å². The van der Waals surface area contributed by atoms with Crippen molar-refractivity contribution in [2.24, 2.45) is 0 Å². The van der Waals surface area contributed by atoms with Crippen LogP contribution in [-0.2, 0) is 0 Å². The molecule has 2 amide bonds. The second-order valence-corrected chi connectivity index (χ2v) is 5.50. The Bertz CT molecular complexity index is 720. The fraction of sp³-hybridized carbons (Fsp3) is 0.200. The zero-order valence-electron chi connectivity index (χ0n) is 12.3. The number of carbonyl (C=O) groups excluding carboxylic acids is 2. The van der Waals surface area contributed by atoms with Crippen LogP contribution >= 0.6 is 23.2 Å². The predicted octanol–water partition coefficient (Wildman–Crippen LogP) is 2.25. The van der Waals surface area contributed by atoms with Crippen molar-refractivity contribution in [1.29, 1.82) is 0 Å². The fourth-order valence-corrected chi connectivity index (χ4v) is 1.99. The molecule has 1 aromatic carbocycles. The van der Waals surface area contributed by atoms with Crippen LogP contribution in [0.25, 0.3) is 0 Å². The summed E-state index contributed by atoms with van der Waals surface area (Å²) in [7, 11) is 0. The lowest BCUT2D eigenvalue weighted by molar-refractivity contribution is 0.0925. The van der Waals surface area contributed by atoms with E-state index in [2.05, 4.69) is 20.6 Å². The van der Waals surface area contributed by atoms with Gasteiger partial charge in [-0.1, -0.05) is 23.2 Å². The number of nitrogens with zero attached hydrogens (tertiary/aromatic N) is 2. The SMILES string of the molecule is Cc1cnc(C(=O)NCCNC(=O)c2ccc(Cl)c(Cl)c2)cn1. The predicted molar refractivity (Wildman–Crippen MR) is 87.9 cm³/mol. The smallest absolute Gasteiger partial charge is 0.271 e. The number of benzene rings is 1. The van der Waals surface area contributed by atoms with Crippen LogP contribution in [0.4, 0.5) is 0 Å². The highest BCUT2D eigenvalue weighted by molar-refractivity contribution is 6.42. The maximum Gasteiger partial charge on any atom is 0.271 e. The zero-order chi connectivity index (χ0) is 16.8. The first-order chi connectivity index (χ1) is 11.0. The summed E-state index contributed by atoms with van der Waals surface area (Å²) >= 11 is 11.7. The van der Waals surface area contributed by atoms with E-state index in [1.54, 1.807) is 19.1 Å². The van der Waals surface area contributed by atoms with Crippen molar-refractivity contribution in [3.05, 3.63) is 57.6 Å². The summed E-state index contributed by atoms with van der Waals surface area (Å²) < 4.78 is 0. The summed E-state index contributed by atoms with van der Waals surface area (Å²) in [5, 5.41) is 6.01. The number of rotatable bonds is 5. The minimum atomic E-state index is -0.346. The third-order valence-corrected chi connectivity index (χ3v) is 3.63. The van der Waals surface area contributed by atoms with E-state index in [-0.39, 0.29) is 30.6 Å². The van der Waals surface area contributed by atoms with E-state index >= 15 is 0 Å². The lowest BCUT2D eigenvalue weighted by atomic mass is 10.2. The monoisotopic (exact) mass is 352 g/mol. The number of hydrogen-bond donors (Lipinski definition) is 2. The molecule has 2 N–H and O–H groups in total. The molecule has 1 aromatic heterocycles. The molecule has 0 saturated carbocycles. The topological polar surface area (TPSA) is 84.0 Å². The molecule has 6 nitrogen and oxygen atoms in total. The Morgan fingerprint density at radius 3 is 2.30 bits per heavy atom. The number of aryl methyl sites for hydroxylation is 1. The maximum absolute atomic E-state index is 11.9. The van der Waals surface area contributed by atoms with E-state index < -0.39 is 0 Å². The largest absolute Gasteiger partial charge is 0.350 e. The lowest BCUT2D eigenvalue weighted by Crippen LogP contribution is -2.35. The van der Waals surface area contributed by atoms with Crippen LogP contribution in [-0.4, -0.2) is 34.9 Å². The second-order valence-electron chi connectivity index (χ2n) is 4.68. The van der Waals surface area contributed by atoms with Gasteiger partial charge in [0.15, 0.2) is 0 Å². The molecule has 23 heavy (non-hydrogen) atoms. The summed E-state index contributed by atoms with van der Waals surface area (Å²) in [6.07, 6.45) is 2.92. The molecule has 0 aliphatic carbocycles. The van der Waals surface area contributed by atoms with Crippen LogP contribution in [0.1, 0.15) is 26.5 Å². The summed E-state index contributed by atoms with van der Waals surface area (Å²) in [4.78, 5) is 31.7. The number of hydrogen-bond acceptors (Lipinski definition) is 4. The third-order valence-electron chi connectivity index (χ3n) is 2.89. The quantitative estimate of drug-likeness (QED) is 0.808. The Labute approximate surface area is 143 Å². The van der Waals surface area contributed by atoms with Gasteiger partial charge < -0.3 is 10.6 Å². The molecule has 0 bridgehead atoms. The number of aromatic nitrogens is 2. The van der Waals surface area contributed by atoms with Crippen molar-refractivity contribution in [3.8, 4) is 0 Å². The van der Waals surface area contributed by atoms with Crippen LogP contribution in [0.2, 0.25) is 10.0 Å². The van der Waals surface area contributed by atoms with Crippen molar-refractivity contribution in [1.82, 2.24) is 20.6 Å². The van der Waals surface area contributed by atoms with Crippen LogP contribution in [0.15, 0.2) is 30.6 Å². The Hall–Kier alpha value is -2.18. The molecule has 0 unspecified atom stereocenters. The lowest BCUT2D eigenvalue weighted by Gasteiger charge is -2.07. The summed E-state index contributed by atoms with van der Waals surface area (Å²) in [5.41, 5.74) is 1.36. The molecule has 0 fully saturated rings. The van der Waals surface area contributed by atoms with Gasteiger partial charge in [0.1, 0.15) is 5.69 Å². The van der Waals surface area contributed by atoms with Gasteiger partial charge in [-0.15, -0.1) is 0 Å². The first-order valence-corrected chi connectivity index (χ1v) is 7.53. The molecule has 0 spiro atoms. The first kappa shape index (κ1) is 17.2. The van der Waals surface area contributed by atoms with E-state index in [1.165, 1.54) is 18.5 Å². The van der Waals surface area contributed by atoms with Gasteiger partial charge in [0.2, 0.25) is 0 Å².